The molecule has 19 heavy (non-hydrogen) atoms. The van der Waals surface area contributed by atoms with Crippen LogP contribution in [0.15, 0.2) is 0 Å². The molecule has 0 amide bonds. The first-order chi connectivity index (χ1) is 8.97. The zero-order valence-corrected chi connectivity index (χ0v) is 12.5. The fraction of sp³-hybridized carbons (Fsp3) is 0.692. The fourth-order valence-electron chi connectivity index (χ4n) is 2.35. The van der Waals surface area contributed by atoms with Crippen LogP contribution in [0.5, 0.6) is 0 Å². The summed E-state index contributed by atoms with van der Waals surface area (Å²) in [6.07, 6.45) is 0. The monoisotopic (exact) mass is 283 g/mol. The Morgan fingerprint density at radius 3 is 2.47 bits per heavy atom. The van der Waals surface area contributed by atoms with Crippen molar-refractivity contribution in [3.63, 3.8) is 0 Å². The number of carboxylic acid groups (broad SMARTS) is 1. The second-order valence-corrected chi connectivity index (χ2v) is 6.38. The largest absolute Gasteiger partial charge is 0.477 e. The van der Waals surface area contributed by atoms with Crippen LogP contribution in [0.3, 0.4) is 0 Å². The van der Waals surface area contributed by atoms with Crippen molar-refractivity contribution in [2.75, 3.05) is 37.6 Å². The van der Waals surface area contributed by atoms with Crippen molar-refractivity contribution in [3.8, 4) is 0 Å². The zero-order valence-electron chi connectivity index (χ0n) is 11.7. The second kappa shape index (κ2) is 5.88. The van der Waals surface area contributed by atoms with Gasteiger partial charge in [0.05, 0.1) is 5.69 Å². The van der Waals surface area contributed by atoms with Crippen molar-refractivity contribution in [1.29, 1.82) is 0 Å². The molecule has 0 radical (unpaired) electrons. The van der Waals surface area contributed by atoms with Gasteiger partial charge in [-0.25, -0.2) is 9.78 Å². The van der Waals surface area contributed by atoms with Gasteiger partial charge in [0.25, 0.3) is 0 Å². The maximum absolute atomic E-state index is 11.0. The van der Waals surface area contributed by atoms with E-state index < -0.39 is 5.97 Å². The number of nitrogens with zero attached hydrogens (tertiary/aromatic N) is 3. The average Bonchev–Trinajstić information content (AvgIpc) is 2.71. The molecule has 6 heteroatoms. The van der Waals surface area contributed by atoms with Gasteiger partial charge in [0.1, 0.15) is 4.88 Å². The maximum Gasteiger partial charge on any atom is 0.347 e. The van der Waals surface area contributed by atoms with E-state index in [1.807, 2.05) is 0 Å². The van der Waals surface area contributed by atoms with Crippen molar-refractivity contribution in [2.24, 2.45) is 5.92 Å². The topological polar surface area (TPSA) is 56.7 Å². The van der Waals surface area contributed by atoms with Gasteiger partial charge in [0, 0.05) is 32.7 Å². The molecule has 1 saturated heterocycles. The van der Waals surface area contributed by atoms with E-state index in [9.17, 15) is 4.79 Å². The van der Waals surface area contributed by atoms with Gasteiger partial charge >= 0.3 is 5.97 Å². The lowest BCUT2D eigenvalue weighted by Gasteiger charge is -2.35. The summed E-state index contributed by atoms with van der Waals surface area (Å²) in [6.45, 7) is 11.3. The number of hydrogen-bond acceptors (Lipinski definition) is 5. The van der Waals surface area contributed by atoms with Crippen molar-refractivity contribution >= 4 is 22.4 Å². The predicted molar refractivity (Wildman–Crippen MR) is 77.3 cm³/mol. The summed E-state index contributed by atoms with van der Waals surface area (Å²) in [4.78, 5) is 20.4. The first-order valence-electron chi connectivity index (χ1n) is 6.65. The van der Waals surface area contributed by atoms with Crippen LogP contribution in [-0.4, -0.2) is 53.7 Å². The van der Waals surface area contributed by atoms with Gasteiger partial charge in [-0.2, -0.15) is 0 Å². The van der Waals surface area contributed by atoms with E-state index in [4.69, 9.17) is 5.11 Å². The van der Waals surface area contributed by atoms with Gasteiger partial charge in [0.15, 0.2) is 5.13 Å². The minimum atomic E-state index is -0.875. The van der Waals surface area contributed by atoms with Gasteiger partial charge in [-0.1, -0.05) is 25.2 Å². The van der Waals surface area contributed by atoms with Crippen LogP contribution < -0.4 is 4.90 Å². The number of rotatable bonds is 4. The predicted octanol–water partition coefficient (Wildman–Crippen LogP) is 1.93. The molecule has 0 saturated carbocycles. The summed E-state index contributed by atoms with van der Waals surface area (Å²) in [5.74, 6) is -0.188. The van der Waals surface area contributed by atoms with Crippen LogP contribution in [0.1, 0.15) is 29.2 Å². The highest BCUT2D eigenvalue weighted by Gasteiger charge is 2.22. The van der Waals surface area contributed by atoms with E-state index in [2.05, 4.69) is 28.6 Å². The Hall–Kier alpha value is -1.14. The van der Waals surface area contributed by atoms with E-state index in [0.29, 0.717) is 16.5 Å². The van der Waals surface area contributed by atoms with Gasteiger partial charge in [-0.3, -0.25) is 4.90 Å². The summed E-state index contributed by atoms with van der Waals surface area (Å²) in [6, 6.07) is 0. The van der Waals surface area contributed by atoms with Gasteiger partial charge in [-0.15, -0.1) is 0 Å². The molecular weight excluding hydrogens is 262 g/mol. The highest BCUT2D eigenvalue weighted by molar-refractivity contribution is 7.17. The van der Waals surface area contributed by atoms with Crippen LogP contribution >= 0.6 is 11.3 Å². The van der Waals surface area contributed by atoms with Gasteiger partial charge < -0.3 is 10.0 Å². The number of carboxylic acids is 1. The highest BCUT2D eigenvalue weighted by atomic mass is 32.1. The molecule has 0 atom stereocenters. The number of carbonyl (C=O) groups is 1. The lowest BCUT2D eigenvalue weighted by molar-refractivity contribution is 0.0701. The van der Waals surface area contributed by atoms with E-state index in [1.165, 1.54) is 11.3 Å². The number of aromatic nitrogens is 1. The molecule has 0 aliphatic carbocycles. The van der Waals surface area contributed by atoms with Crippen LogP contribution in [0.2, 0.25) is 0 Å². The zero-order chi connectivity index (χ0) is 14.0. The quantitative estimate of drug-likeness (QED) is 0.915. The third-order valence-electron chi connectivity index (χ3n) is 3.25. The molecule has 0 spiro atoms. The number of aromatic carboxylic acids is 1. The van der Waals surface area contributed by atoms with Crippen LogP contribution in [0.4, 0.5) is 5.13 Å². The smallest absolute Gasteiger partial charge is 0.347 e. The standard InChI is InChI=1S/C13H21N3O2S/c1-9(2)8-15-4-6-16(7-5-15)13-14-10(3)11(19-13)12(17)18/h9H,4-8H2,1-3H3,(H,17,18). The van der Waals surface area contributed by atoms with Crippen molar-refractivity contribution in [1.82, 2.24) is 9.88 Å². The number of thiazole rings is 1. The Kier molecular flexibility index (Phi) is 4.42. The molecule has 1 aromatic rings. The molecule has 1 aliphatic rings. The Bertz CT molecular complexity index is 451. The second-order valence-electron chi connectivity index (χ2n) is 5.40. The molecule has 1 aromatic heterocycles. The first kappa shape index (κ1) is 14.3. The molecule has 106 valence electrons. The van der Waals surface area contributed by atoms with Gasteiger partial charge in [0.2, 0.25) is 0 Å². The molecule has 0 unspecified atom stereocenters. The lowest BCUT2D eigenvalue weighted by Crippen LogP contribution is -2.47. The van der Waals surface area contributed by atoms with Crippen LogP contribution in [0, 0.1) is 12.8 Å². The van der Waals surface area contributed by atoms with E-state index in [0.717, 1.165) is 37.9 Å². The summed E-state index contributed by atoms with van der Waals surface area (Å²) in [5.41, 5.74) is 0.622. The molecule has 1 N–H and O–H groups in total. The molecular formula is C13H21N3O2S. The molecule has 0 bridgehead atoms. The van der Waals surface area contributed by atoms with Gasteiger partial charge in [-0.05, 0) is 12.8 Å². The Morgan fingerprint density at radius 2 is 2.00 bits per heavy atom. The summed E-state index contributed by atoms with van der Waals surface area (Å²) in [5, 5.41) is 9.91. The molecule has 2 rings (SSSR count). The molecule has 5 nitrogen and oxygen atoms in total. The third-order valence-corrected chi connectivity index (χ3v) is 4.45. The number of piperazine rings is 1. The number of hydrogen-bond donors (Lipinski definition) is 1. The van der Waals surface area contributed by atoms with Crippen molar-refractivity contribution in [2.45, 2.75) is 20.8 Å². The Balaban J connectivity index is 1.98. The number of aryl methyl sites for hydroxylation is 1. The van der Waals surface area contributed by atoms with Crippen molar-refractivity contribution < 1.29 is 9.90 Å². The molecule has 1 fully saturated rings. The summed E-state index contributed by atoms with van der Waals surface area (Å²) < 4.78 is 0. The average molecular weight is 283 g/mol. The minimum Gasteiger partial charge on any atom is -0.477 e. The maximum atomic E-state index is 11.0. The van der Waals surface area contributed by atoms with Crippen LogP contribution in [0.25, 0.3) is 0 Å². The van der Waals surface area contributed by atoms with E-state index >= 15 is 0 Å². The molecule has 1 aliphatic heterocycles. The minimum absolute atomic E-state index is 0.361. The molecule has 0 aromatic carbocycles. The highest BCUT2D eigenvalue weighted by Crippen LogP contribution is 2.26. The Labute approximate surface area is 117 Å². The van der Waals surface area contributed by atoms with Crippen LogP contribution in [-0.2, 0) is 0 Å². The fourth-order valence-corrected chi connectivity index (χ4v) is 3.31. The molecule has 2 heterocycles. The number of anilines is 1. The third kappa shape index (κ3) is 3.45. The van der Waals surface area contributed by atoms with E-state index in [1.54, 1.807) is 6.92 Å². The summed E-state index contributed by atoms with van der Waals surface area (Å²) >= 11 is 1.29. The first-order valence-corrected chi connectivity index (χ1v) is 7.47. The van der Waals surface area contributed by atoms with E-state index in [-0.39, 0.29) is 0 Å². The normalized spacial score (nSPS) is 17.2. The van der Waals surface area contributed by atoms with Crippen molar-refractivity contribution in [3.05, 3.63) is 10.6 Å². The summed E-state index contributed by atoms with van der Waals surface area (Å²) in [7, 11) is 0. The Morgan fingerprint density at radius 1 is 1.37 bits per heavy atom. The lowest BCUT2D eigenvalue weighted by atomic mass is 10.2. The SMILES string of the molecule is Cc1nc(N2CCN(CC(C)C)CC2)sc1C(=O)O.